The SMILES string of the molecule is CN1C2CCC1CC(NC(=O)/C=C/c1ccccc1)C2. The highest BCUT2D eigenvalue weighted by molar-refractivity contribution is 5.91. The lowest BCUT2D eigenvalue weighted by Crippen LogP contribution is -2.48. The lowest BCUT2D eigenvalue weighted by atomic mass is 9.98. The van der Waals surface area contributed by atoms with Crippen molar-refractivity contribution in [2.75, 3.05) is 7.05 Å². The molecule has 2 bridgehead atoms. The number of carbonyl (C=O) groups is 1. The van der Waals surface area contributed by atoms with Gasteiger partial charge in [-0.25, -0.2) is 0 Å². The Morgan fingerprint density at radius 2 is 1.85 bits per heavy atom. The van der Waals surface area contributed by atoms with Gasteiger partial charge in [0.25, 0.3) is 0 Å². The predicted molar refractivity (Wildman–Crippen MR) is 81.2 cm³/mol. The van der Waals surface area contributed by atoms with Gasteiger partial charge in [0.1, 0.15) is 0 Å². The third kappa shape index (κ3) is 2.93. The number of carbonyl (C=O) groups excluding carboxylic acids is 1. The molecule has 0 radical (unpaired) electrons. The summed E-state index contributed by atoms with van der Waals surface area (Å²) in [6.45, 7) is 0. The summed E-state index contributed by atoms with van der Waals surface area (Å²) in [7, 11) is 2.22. The maximum atomic E-state index is 12.0. The molecule has 0 spiro atoms. The second-order valence-corrected chi connectivity index (χ2v) is 5.97. The van der Waals surface area contributed by atoms with Crippen LogP contribution in [0.3, 0.4) is 0 Å². The van der Waals surface area contributed by atoms with Gasteiger partial charge in [-0.1, -0.05) is 30.3 Å². The van der Waals surface area contributed by atoms with Crippen molar-refractivity contribution < 1.29 is 4.79 Å². The van der Waals surface area contributed by atoms with Gasteiger partial charge in [-0.05, 0) is 44.4 Å². The van der Waals surface area contributed by atoms with Crippen LogP contribution in [-0.4, -0.2) is 36.0 Å². The van der Waals surface area contributed by atoms with Crippen LogP contribution in [0.4, 0.5) is 0 Å². The summed E-state index contributed by atoms with van der Waals surface area (Å²) >= 11 is 0. The van der Waals surface area contributed by atoms with Crippen LogP contribution in [-0.2, 0) is 4.79 Å². The molecule has 2 saturated heterocycles. The maximum absolute atomic E-state index is 12.0. The van der Waals surface area contributed by atoms with E-state index in [4.69, 9.17) is 0 Å². The fraction of sp³-hybridized carbons (Fsp3) is 0.471. The second-order valence-electron chi connectivity index (χ2n) is 5.97. The smallest absolute Gasteiger partial charge is 0.244 e. The van der Waals surface area contributed by atoms with E-state index in [0.717, 1.165) is 18.4 Å². The molecule has 2 fully saturated rings. The molecule has 0 saturated carbocycles. The van der Waals surface area contributed by atoms with E-state index < -0.39 is 0 Å². The topological polar surface area (TPSA) is 32.3 Å². The number of benzene rings is 1. The molecule has 0 aliphatic carbocycles. The lowest BCUT2D eigenvalue weighted by molar-refractivity contribution is -0.117. The monoisotopic (exact) mass is 270 g/mol. The van der Waals surface area contributed by atoms with Crippen molar-refractivity contribution in [3.8, 4) is 0 Å². The molecule has 1 amide bonds. The van der Waals surface area contributed by atoms with Crippen molar-refractivity contribution in [2.24, 2.45) is 0 Å². The van der Waals surface area contributed by atoms with Crippen LogP contribution >= 0.6 is 0 Å². The molecule has 0 aromatic heterocycles. The zero-order chi connectivity index (χ0) is 13.9. The first-order valence-corrected chi connectivity index (χ1v) is 7.48. The minimum Gasteiger partial charge on any atom is -0.350 e. The molecule has 3 rings (SSSR count). The van der Waals surface area contributed by atoms with Crippen LogP contribution < -0.4 is 5.32 Å². The molecule has 2 aliphatic rings. The molecule has 2 heterocycles. The maximum Gasteiger partial charge on any atom is 0.244 e. The molecule has 2 unspecified atom stereocenters. The summed E-state index contributed by atoms with van der Waals surface area (Å²) in [6.07, 6.45) is 8.28. The van der Waals surface area contributed by atoms with Crippen LogP contribution in [0.25, 0.3) is 6.08 Å². The molecule has 1 N–H and O–H groups in total. The molecule has 3 heteroatoms. The molecular weight excluding hydrogens is 248 g/mol. The van der Waals surface area contributed by atoms with Gasteiger partial charge in [0, 0.05) is 24.2 Å². The predicted octanol–water partition coefficient (Wildman–Crippen LogP) is 2.44. The van der Waals surface area contributed by atoms with Crippen LogP contribution in [0.1, 0.15) is 31.2 Å². The number of nitrogens with one attached hydrogen (secondary N) is 1. The molecule has 2 aliphatic heterocycles. The summed E-state index contributed by atoms with van der Waals surface area (Å²) in [5.74, 6) is 0.0304. The van der Waals surface area contributed by atoms with Gasteiger partial charge < -0.3 is 10.2 Å². The normalized spacial score (nSPS) is 29.8. The first-order valence-electron chi connectivity index (χ1n) is 7.48. The largest absolute Gasteiger partial charge is 0.350 e. The number of piperidine rings is 1. The summed E-state index contributed by atoms with van der Waals surface area (Å²) in [4.78, 5) is 14.5. The van der Waals surface area contributed by atoms with Crippen LogP contribution in [0, 0.1) is 0 Å². The quantitative estimate of drug-likeness (QED) is 0.856. The van der Waals surface area contributed by atoms with Crippen LogP contribution in [0.15, 0.2) is 36.4 Å². The number of nitrogens with zero attached hydrogens (tertiary/aromatic N) is 1. The van der Waals surface area contributed by atoms with E-state index in [-0.39, 0.29) is 5.91 Å². The zero-order valence-corrected chi connectivity index (χ0v) is 12.0. The Morgan fingerprint density at radius 1 is 1.20 bits per heavy atom. The minimum absolute atomic E-state index is 0.0304. The van der Waals surface area contributed by atoms with Crippen molar-refractivity contribution in [2.45, 2.75) is 43.8 Å². The molecule has 1 aromatic carbocycles. The molecule has 106 valence electrons. The molecule has 1 aromatic rings. The highest BCUT2D eigenvalue weighted by Crippen LogP contribution is 2.34. The van der Waals surface area contributed by atoms with E-state index in [1.807, 2.05) is 36.4 Å². The summed E-state index contributed by atoms with van der Waals surface area (Å²) < 4.78 is 0. The fourth-order valence-corrected chi connectivity index (χ4v) is 3.51. The van der Waals surface area contributed by atoms with Gasteiger partial charge >= 0.3 is 0 Å². The number of fused-ring (bicyclic) bond motifs is 2. The van der Waals surface area contributed by atoms with E-state index in [1.54, 1.807) is 6.08 Å². The first kappa shape index (κ1) is 13.4. The Labute approximate surface area is 120 Å². The van der Waals surface area contributed by atoms with Gasteiger partial charge in [0.2, 0.25) is 5.91 Å². The summed E-state index contributed by atoms with van der Waals surface area (Å²) in [5.41, 5.74) is 1.06. The van der Waals surface area contributed by atoms with E-state index in [9.17, 15) is 4.79 Å². The molecule has 2 atom stereocenters. The fourth-order valence-electron chi connectivity index (χ4n) is 3.51. The number of hydrogen-bond acceptors (Lipinski definition) is 2. The zero-order valence-electron chi connectivity index (χ0n) is 12.0. The van der Waals surface area contributed by atoms with Gasteiger partial charge in [-0.2, -0.15) is 0 Å². The Hall–Kier alpha value is -1.61. The second kappa shape index (κ2) is 5.80. The Morgan fingerprint density at radius 3 is 2.50 bits per heavy atom. The van der Waals surface area contributed by atoms with E-state index in [0.29, 0.717) is 18.1 Å². The van der Waals surface area contributed by atoms with Gasteiger partial charge in [-0.15, -0.1) is 0 Å². The lowest BCUT2D eigenvalue weighted by Gasteiger charge is -2.36. The molecule has 3 nitrogen and oxygen atoms in total. The minimum atomic E-state index is 0.0304. The van der Waals surface area contributed by atoms with Crippen LogP contribution in [0.5, 0.6) is 0 Å². The van der Waals surface area contributed by atoms with Crippen molar-refractivity contribution in [3.05, 3.63) is 42.0 Å². The van der Waals surface area contributed by atoms with E-state index in [1.165, 1.54) is 12.8 Å². The highest BCUT2D eigenvalue weighted by atomic mass is 16.1. The Balaban J connectivity index is 1.54. The Kier molecular flexibility index (Phi) is 3.88. The Bertz CT molecular complexity index is 483. The standard InChI is InChI=1S/C17H22N2O/c1-19-15-8-9-16(19)12-14(11-15)18-17(20)10-7-13-5-3-2-4-6-13/h2-7,10,14-16H,8-9,11-12H2,1H3,(H,18,20)/b10-7+. The molecule has 20 heavy (non-hydrogen) atoms. The summed E-state index contributed by atoms with van der Waals surface area (Å²) in [5, 5.41) is 3.16. The van der Waals surface area contributed by atoms with Crippen molar-refractivity contribution in [1.82, 2.24) is 10.2 Å². The molecular formula is C17H22N2O. The first-order chi connectivity index (χ1) is 9.72. The van der Waals surface area contributed by atoms with Crippen molar-refractivity contribution in [3.63, 3.8) is 0 Å². The third-order valence-corrected chi connectivity index (χ3v) is 4.67. The average Bonchev–Trinajstić information content (AvgIpc) is 2.68. The van der Waals surface area contributed by atoms with Gasteiger partial charge in [0.05, 0.1) is 0 Å². The van der Waals surface area contributed by atoms with E-state index in [2.05, 4.69) is 17.3 Å². The number of rotatable bonds is 3. The summed E-state index contributed by atoms with van der Waals surface area (Å²) in [6, 6.07) is 11.6. The van der Waals surface area contributed by atoms with Crippen molar-refractivity contribution in [1.29, 1.82) is 0 Å². The van der Waals surface area contributed by atoms with Gasteiger partial charge in [0.15, 0.2) is 0 Å². The van der Waals surface area contributed by atoms with Gasteiger partial charge in [-0.3, -0.25) is 4.79 Å². The number of hydrogen-bond donors (Lipinski definition) is 1. The average molecular weight is 270 g/mol. The highest BCUT2D eigenvalue weighted by Gasteiger charge is 2.38. The number of amides is 1. The van der Waals surface area contributed by atoms with Crippen LogP contribution in [0.2, 0.25) is 0 Å². The third-order valence-electron chi connectivity index (χ3n) is 4.67. The van der Waals surface area contributed by atoms with Crippen molar-refractivity contribution >= 4 is 12.0 Å². The van der Waals surface area contributed by atoms with E-state index >= 15 is 0 Å².